The van der Waals surface area contributed by atoms with E-state index in [0.717, 1.165) is 6.54 Å². The van der Waals surface area contributed by atoms with Crippen molar-refractivity contribution in [3.63, 3.8) is 0 Å². The molecule has 12 heavy (non-hydrogen) atoms. The molecule has 1 aliphatic carbocycles. The highest BCUT2D eigenvalue weighted by atomic mass is 15.1. The van der Waals surface area contributed by atoms with E-state index < -0.39 is 0 Å². The third kappa shape index (κ3) is 2.35. The van der Waals surface area contributed by atoms with Gasteiger partial charge in [0, 0.05) is 12.5 Å². The van der Waals surface area contributed by atoms with E-state index in [1.165, 1.54) is 5.57 Å². The summed E-state index contributed by atoms with van der Waals surface area (Å²) in [5.74, 6) is 0.579. The highest BCUT2D eigenvalue weighted by Crippen LogP contribution is 2.18. The molecule has 0 amide bonds. The minimum Gasteiger partial charge on any atom is -0.308 e. The van der Waals surface area contributed by atoms with E-state index in [0.29, 0.717) is 5.92 Å². The maximum Gasteiger partial charge on any atom is 0.0145 e. The maximum absolute atomic E-state index is 2.26. The fourth-order valence-electron chi connectivity index (χ4n) is 1.47. The summed E-state index contributed by atoms with van der Waals surface area (Å²) < 4.78 is 0. The first kappa shape index (κ1) is 9.27. The molecule has 0 aromatic carbocycles. The van der Waals surface area contributed by atoms with Gasteiger partial charge in [0.1, 0.15) is 0 Å². The Labute approximate surface area is 75.1 Å². The summed E-state index contributed by atoms with van der Waals surface area (Å²) in [6, 6.07) is 0. The SMILES string of the molecule is C/C=C1\C=CC=CC1CN(C)C. The van der Waals surface area contributed by atoms with Gasteiger partial charge in [-0.2, -0.15) is 0 Å². The number of nitrogens with zero attached hydrogens (tertiary/aromatic N) is 1. The monoisotopic (exact) mass is 163 g/mol. The molecule has 0 aromatic rings. The quantitative estimate of drug-likeness (QED) is 0.603. The summed E-state index contributed by atoms with van der Waals surface area (Å²) in [6.07, 6.45) is 10.9. The Bertz CT molecular complexity index is 221. The first-order valence-electron chi connectivity index (χ1n) is 4.40. The van der Waals surface area contributed by atoms with Gasteiger partial charge in [0.2, 0.25) is 0 Å². The van der Waals surface area contributed by atoms with Crippen molar-refractivity contribution < 1.29 is 0 Å². The van der Waals surface area contributed by atoms with Gasteiger partial charge in [-0.1, -0.05) is 30.4 Å². The van der Waals surface area contributed by atoms with Crippen molar-refractivity contribution in [1.29, 1.82) is 0 Å². The predicted octanol–water partition coefficient (Wildman–Crippen LogP) is 2.24. The Kier molecular flexibility index (Phi) is 3.30. The van der Waals surface area contributed by atoms with Crippen LogP contribution in [-0.2, 0) is 0 Å². The molecule has 66 valence electrons. The zero-order valence-electron chi connectivity index (χ0n) is 8.12. The van der Waals surface area contributed by atoms with Gasteiger partial charge in [0.05, 0.1) is 0 Å². The van der Waals surface area contributed by atoms with Crippen LogP contribution < -0.4 is 0 Å². The van der Waals surface area contributed by atoms with Crippen molar-refractivity contribution in [1.82, 2.24) is 4.90 Å². The van der Waals surface area contributed by atoms with Crippen LogP contribution in [0.25, 0.3) is 0 Å². The van der Waals surface area contributed by atoms with Crippen molar-refractivity contribution in [3.05, 3.63) is 36.0 Å². The minimum atomic E-state index is 0.579. The fraction of sp³-hybridized carbons (Fsp3) is 0.455. The molecular weight excluding hydrogens is 146 g/mol. The van der Waals surface area contributed by atoms with E-state index in [2.05, 4.69) is 56.3 Å². The Hall–Kier alpha value is -0.820. The van der Waals surface area contributed by atoms with E-state index in [4.69, 9.17) is 0 Å². The Morgan fingerprint density at radius 2 is 2.17 bits per heavy atom. The lowest BCUT2D eigenvalue weighted by molar-refractivity contribution is 0.380. The van der Waals surface area contributed by atoms with Gasteiger partial charge in [-0.25, -0.2) is 0 Å². The molecular formula is C11H17N. The molecule has 0 N–H and O–H groups in total. The van der Waals surface area contributed by atoms with E-state index >= 15 is 0 Å². The molecule has 0 fully saturated rings. The van der Waals surface area contributed by atoms with Gasteiger partial charge in [0.15, 0.2) is 0 Å². The van der Waals surface area contributed by atoms with Crippen LogP contribution in [-0.4, -0.2) is 25.5 Å². The number of hydrogen-bond donors (Lipinski definition) is 0. The Morgan fingerprint density at radius 3 is 2.75 bits per heavy atom. The standard InChI is InChI=1S/C11H17N/c1-4-10-7-5-6-8-11(10)9-12(2)3/h4-8,11H,9H2,1-3H3/b10-4+. The molecule has 0 aromatic heterocycles. The van der Waals surface area contributed by atoms with Gasteiger partial charge in [-0.3, -0.25) is 0 Å². The highest BCUT2D eigenvalue weighted by molar-refractivity contribution is 5.32. The first-order valence-corrected chi connectivity index (χ1v) is 4.40. The third-order valence-corrected chi connectivity index (χ3v) is 2.07. The summed E-state index contributed by atoms with van der Waals surface area (Å²) in [5, 5.41) is 0. The van der Waals surface area contributed by atoms with Crippen LogP contribution in [0.4, 0.5) is 0 Å². The molecule has 0 spiro atoms. The highest BCUT2D eigenvalue weighted by Gasteiger charge is 2.10. The lowest BCUT2D eigenvalue weighted by atomic mass is 9.94. The smallest absolute Gasteiger partial charge is 0.0145 e. The third-order valence-electron chi connectivity index (χ3n) is 2.07. The van der Waals surface area contributed by atoms with E-state index in [1.54, 1.807) is 0 Å². The number of rotatable bonds is 2. The molecule has 1 heteroatoms. The number of allylic oxidation sites excluding steroid dienone is 4. The minimum absolute atomic E-state index is 0.579. The van der Waals surface area contributed by atoms with Gasteiger partial charge in [0.25, 0.3) is 0 Å². The van der Waals surface area contributed by atoms with Crippen molar-refractivity contribution >= 4 is 0 Å². The topological polar surface area (TPSA) is 3.24 Å². The molecule has 1 unspecified atom stereocenters. The predicted molar refractivity (Wildman–Crippen MR) is 54.1 cm³/mol. The molecule has 0 bridgehead atoms. The van der Waals surface area contributed by atoms with Gasteiger partial charge in [-0.05, 0) is 26.6 Å². The van der Waals surface area contributed by atoms with Crippen LogP contribution in [0.3, 0.4) is 0 Å². The van der Waals surface area contributed by atoms with Crippen molar-refractivity contribution in [2.75, 3.05) is 20.6 Å². The summed E-state index contributed by atoms with van der Waals surface area (Å²) in [4.78, 5) is 2.22. The van der Waals surface area contributed by atoms with Crippen LogP contribution in [0.2, 0.25) is 0 Å². The second-order valence-corrected chi connectivity index (χ2v) is 3.40. The Balaban J connectivity index is 2.63. The molecule has 1 atom stereocenters. The van der Waals surface area contributed by atoms with E-state index in [1.807, 2.05) is 0 Å². The largest absolute Gasteiger partial charge is 0.308 e. The molecule has 1 aliphatic rings. The summed E-state index contributed by atoms with van der Waals surface area (Å²) in [6.45, 7) is 3.20. The van der Waals surface area contributed by atoms with Crippen molar-refractivity contribution in [2.45, 2.75) is 6.92 Å². The molecule has 0 heterocycles. The van der Waals surface area contributed by atoms with Crippen LogP contribution in [0.5, 0.6) is 0 Å². The molecule has 1 rings (SSSR count). The molecule has 1 nitrogen and oxygen atoms in total. The lowest BCUT2D eigenvalue weighted by Crippen LogP contribution is -2.22. The summed E-state index contributed by atoms with van der Waals surface area (Å²) >= 11 is 0. The lowest BCUT2D eigenvalue weighted by Gasteiger charge is -2.20. The zero-order chi connectivity index (χ0) is 8.97. The zero-order valence-corrected chi connectivity index (χ0v) is 8.12. The second kappa shape index (κ2) is 4.27. The molecule has 0 saturated heterocycles. The Morgan fingerprint density at radius 1 is 1.42 bits per heavy atom. The summed E-state index contributed by atoms with van der Waals surface area (Å²) in [5.41, 5.74) is 1.42. The first-order chi connectivity index (χ1) is 5.74. The summed E-state index contributed by atoms with van der Waals surface area (Å²) in [7, 11) is 4.22. The average molecular weight is 163 g/mol. The van der Waals surface area contributed by atoms with Crippen LogP contribution >= 0.6 is 0 Å². The van der Waals surface area contributed by atoms with Crippen LogP contribution in [0, 0.1) is 5.92 Å². The van der Waals surface area contributed by atoms with Crippen LogP contribution in [0.1, 0.15) is 6.92 Å². The molecule has 0 radical (unpaired) electrons. The van der Waals surface area contributed by atoms with Gasteiger partial charge >= 0.3 is 0 Å². The fourth-order valence-corrected chi connectivity index (χ4v) is 1.47. The van der Waals surface area contributed by atoms with Gasteiger partial charge < -0.3 is 4.90 Å². The maximum atomic E-state index is 2.26. The normalized spacial score (nSPS) is 25.7. The van der Waals surface area contributed by atoms with Gasteiger partial charge in [-0.15, -0.1) is 0 Å². The second-order valence-electron chi connectivity index (χ2n) is 3.40. The van der Waals surface area contributed by atoms with E-state index in [-0.39, 0.29) is 0 Å². The van der Waals surface area contributed by atoms with E-state index in [9.17, 15) is 0 Å². The molecule has 0 aliphatic heterocycles. The van der Waals surface area contributed by atoms with Crippen LogP contribution in [0.15, 0.2) is 36.0 Å². The average Bonchev–Trinajstić information content (AvgIpc) is 2.04. The van der Waals surface area contributed by atoms with Crippen molar-refractivity contribution in [3.8, 4) is 0 Å². The number of hydrogen-bond acceptors (Lipinski definition) is 1. The molecule has 0 saturated carbocycles. The van der Waals surface area contributed by atoms with Crippen molar-refractivity contribution in [2.24, 2.45) is 5.92 Å².